The molecule has 1 rings (SSSR count). The molecule has 0 aliphatic rings. The van der Waals surface area contributed by atoms with Crippen LogP contribution in [0.25, 0.3) is 0 Å². The van der Waals surface area contributed by atoms with Gasteiger partial charge in [0.2, 0.25) is 0 Å². The van der Waals surface area contributed by atoms with Crippen LogP contribution in [0.15, 0.2) is 18.2 Å². The minimum atomic E-state index is 0.0300. The molecule has 4 nitrogen and oxygen atoms in total. The van der Waals surface area contributed by atoms with Gasteiger partial charge in [-0.3, -0.25) is 0 Å². The Balaban J connectivity index is 2.88. The molecule has 98 valence electrons. The van der Waals surface area contributed by atoms with E-state index >= 15 is 0 Å². The van der Waals surface area contributed by atoms with E-state index in [0.29, 0.717) is 18.9 Å². The molecule has 0 saturated heterocycles. The lowest BCUT2D eigenvalue weighted by atomic mass is 10.2. The second-order valence-electron chi connectivity index (χ2n) is 3.73. The maximum atomic E-state index is 5.66. The molecule has 1 aromatic rings. The van der Waals surface area contributed by atoms with E-state index in [0.717, 1.165) is 11.3 Å². The van der Waals surface area contributed by atoms with Crippen molar-refractivity contribution in [3.63, 3.8) is 0 Å². The predicted octanol–water partition coefficient (Wildman–Crippen LogP) is 1.42. The SMILES string of the molecule is COc1ccc(OCC(C)OC)c(C#CCN)c1. The Bertz CT molecular complexity index is 434. The van der Waals surface area contributed by atoms with Crippen LogP contribution in [0.2, 0.25) is 0 Å². The summed E-state index contributed by atoms with van der Waals surface area (Å²) in [6, 6.07) is 5.50. The average molecular weight is 249 g/mol. The lowest BCUT2D eigenvalue weighted by molar-refractivity contribution is 0.0715. The minimum absolute atomic E-state index is 0.0300. The number of hydrogen-bond donors (Lipinski definition) is 1. The third-order valence-electron chi connectivity index (χ3n) is 2.39. The Morgan fingerprint density at radius 3 is 2.72 bits per heavy atom. The van der Waals surface area contributed by atoms with E-state index in [1.165, 1.54) is 0 Å². The van der Waals surface area contributed by atoms with Crippen molar-refractivity contribution in [3.05, 3.63) is 23.8 Å². The van der Waals surface area contributed by atoms with E-state index in [4.69, 9.17) is 19.9 Å². The number of rotatable bonds is 5. The summed E-state index contributed by atoms with van der Waals surface area (Å²) in [6.45, 7) is 2.72. The quantitative estimate of drug-likeness (QED) is 0.802. The zero-order valence-corrected chi connectivity index (χ0v) is 11.0. The number of nitrogens with two attached hydrogens (primary N) is 1. The minimum Gasteiger partial charge on any atom is -0.497 e. The molecule has 4 heteroatoms. The summed E-state index contributed by atoms with van der Waals surface area (Å²) in [4.78, 5) is 0. The van der Waals surface area contributed by atoms with Crippen LogP contribution in [0.5, 0.6) is 11.5 Å². The van der Waals surface area contributed by atoms with Crippen molar-refractivity contribution >= 4 is 0 Å². The van der Waals surface area contributed by atoms with Gasteiger partial charge in [-0.2, -0.15) is 0 Å². The average Bonchev–Trinajstić information content (AvgIpc) is 2.42. The molecule has 0 aromatic heterocycles. The smallest absolute Gasteiger partial charge is 0.135 e. The Morgan fingerprint density at radius 1 is 1.33 bits per heavy atom. The Morgan fingerprint density at radius 2 is 2.11 bits per heavy atom. The van der Waals surface area contributed by atoms with Gasteiger partial charge in [0.25, 0.3) is 0 Å². The standard InChI is InChI=1S/C14H19NO3/c1-11(16-2)10-18-14-7-6-13(17-3)9-12(14)5-4-8-15/h6-7,9,11H,8,10,15H2,1-3H3. The van der Waals surface area contributed by atoms with Crippen LogP contribution in [0.1, 0.15) is 12.5 Å². The maximum absolute atomic E-state index is 5.66. The molecule has 0 amide bonds. The Hall–Kier alpha value is -1.70. The molecule has 2 N–H and O–H groups in total. The van der Waals surface area contributed by atoms with Crippen LogP contribution in [0, 0.1) is 11.8 Å². The lowest BCUT2D eigenvalue weighted by Gasteiger charge is -2.13. The molecular formula is C14H19NO3. The third kappa shape index (κ3) is 4.28. The second kappa shape index (κ2) is 7.59. The first-order chi connectivity index (χ1) is 8.71. The second-order valence-corrected chi connectivity index (χ2v) is 3.73. The van der Waals surface area contributed by atoms with Crippen LogP contribution in [-0.2, 0) is 4.74 Å². The summed E-state index contributed by atoms with van der Waals surface area (Å²) in [6.07, 6.45) is 0.0300. The first kappa shape index (κ1) is 14.4. The number of methoxy groups -OCH3 is 2. The zero-order chi connectivity index (χ0) is 13.4. The number of benzene rings is 1. The van der Waals surface area contributed by atoms with Crippen LogP contribution in [0.3, 0.4) is 0 Å². The lowest BCUT2D eigenvalue weighted by Crippen LogP contribution is -2.16. The van der Waals surface area contributed by atoms with Gasteiger partial charge in [-0.1, -0.05) is 11.8 Å². The van der Waals surface area contributed by atoms with Gasteiger partial charge in [0, 0.05) is 7.11 Å². The van der Waals surface area contributed by atoms with Gasteiger partial charge in [0.15, 0.2) is 0 Å². The van der Waals surface area contributed by atoms with Crippen molar-refractivity contribution in [1.29, 1.82) is 0 Å². The molecule has 0 aliphatic heterocycles. The van der Waals surface area contributed by atoms with Crippen LogP contribution in [-0.4, -0.2) is 33.5 Å². The highest BCUT2D eigenvalue weighted by Gasteiger charge is 2.06. The molecule has 0 spiro atoms. The fourth-order valence-corrected chi connectivity index (χ4v) is 1.28. The molecule has 0 bridgehead atoms. The summed E-state index contributed by atoms with van der Waals surface area (Å²) in [7, 11) is 3.26. The topological polar surface area (TPSA) is 53.7 Å². The predicted molar refractivity (Wildman–Crippen MR) is 70.9 cm³/mol. The summed E-state index contributed by atoms with van der Waals surface area (Å²) < 4.78 is 16.0. The van der Waals surface area contributed by atoms with Crippen molar-refractivity contribution in [2.24, 2.45) is 5.73 Å². The van der Waals surface area contributed by atoms with Gasteiger partial charge in [-0.15, -0.1) is 0 Å². The van der Waals surface area contributed by atoms with Gasteiger partial charge in [-0.25, -0.2) is 0 Å². The van der Waals surface area contributed by atoms with Crippen molar-refractivity contribution in [2.45, 2.75) is 13.0 Å². The molecule has 18 heavy (non-hydrogen) atoms. The molecule has 0 aliphatic carbocycles. The van der Waals surface area contributed by atoms with Gasteiger partial charge in [-0.05, 0) is 25.1 Å². The molecule has 1 aromatic carbocycles. The van der Waals surface area contributed by atoms with E-state index in [1.807, 2.05) is 25.1 Å². The monoisotopic (exact) mass is 249 g/mol. The largest absolute Gasteiger partial charge is 0.497 e. The maximum Gasteiger partial charge on any atom is 0.135 e. The molecular weight excluding hydrogens is 230 g/mol. The Kier molecular flexibility index (Phi) is 6.06. The molecule has 0 radical (unpaired) electrons. The van der Waals surface area contributed by atoms with Crippen LogP contribution < -0.4 is 15.2 Å². The van der Waals surface area contributed by atoms with Crippen molar-refractivity contribution in [2.75, 3.05) is 27.4 Å². The first-order valence-electron chi connectivity index (χ1n) is 5.73. The number of ether oxygens (including phenoxy) is 3. The fourth-order valence-electron chi connectivity index (χ4n) is 1.28. The summed E-state index contributed by atoms with van der Waals surface area (Å²) in [5, 5.41) is 0. The van der Waals surface area contributed by atoms with E-state index in [9.17, 15) is 0 Å². The molecule has 1 atom stereocenters. The highest BCUT2D eigenvalue weighted by molar-refractivity contribution is 5.50. The fraction of sp³-hybridized carbons (Fsp3) is 0.429. The highest BCUT2D eigenvalue weighted by atomic mass is 16.5. The third-order valence-corrected chi connectivity index (χ3v) is 2.39. The van der Waals surface area contributed by atoms with Gasteiger partial charge >= 0.3 is 0 Å². The van der Waals surface area contributed by atoms with Crippen molar-refractivity contribution in [1.82, 2.24) is 0 Å². The molecule has 1 unspecified atom stereocenters. The normalized spacial score (nSPS) is 11.3. The van der Waals surface area contributed by atoms with Crippen LogP contribution >= 0.6 is 0 Å². The van der Waals surface area contributed by atoms with Gasteiger partial charge < -0.3 is 19.9 Å². The summed E-state index contributed by atoms with van der Waals surface area (Å²) in [5.74, 6) is 7.23. The van der Waals surface area contributed by atoms with Gasteiger partial charge in [0.1, 0.15) is 18.1 Å². The van der Waals surface area contributed by atoms with Crippen molar-refractivity contribution < 1.29 is 14.2 Å². The van der Waals surface area contributed by atoms with Crippen LogP contribution in [0.4, 0.5) is 0 Å². The van der Waals surface area contributed by atoms with E-state index in [-0.39, 0.29) is 6.10 Å². The molecule has 0 heterocycles. The molecule has 0 saturated carbocycles. The van der Waals surface area contributed by atoms with E-state index < -0.39 is 0 Å². The summed E-state index contributed by atoms with van der Waals surface area (Å²) in [5.41, 5.74) is 6.14. The van der Waals surface area contributed by atoms with E-state index in [1.54, 1.807) is 14.2 Å². The Labute approximate surface area is 108 Å². The van der Waals surface area contributed by atoms with E-state index in [2.05, 4.69) is 11.8 Å². The first-order valence-corrected chi connectivity index (χ1v) is 5.73. The molecule has 0 fully saturated rings. The highest BCUT2D eigenvalue weighted by Crippen LogP contribution is 2.23. The number of hydrogen-bond acceptors (Lipinski definition) is 4. The summed E-state index contributed by atoms with van der Waals surface area (Å²) >= 11 is 0. The zero-order valence-electron chi connectivity index (χ0n) is 11.0. The van der Waals surface area contributed by atoms with Crippen molar-refractivity contribution in [3.8, 4) is 23.3 Å². The van der Waals surface area contributed by atoms with Gasteiger partial charge in [0.05, 0.1) is 25.3 Å².